The first-order valence-corrected chi connectivity index (χ1v) is 7.68. The zero-order valence-electron chi connectivity index (χ0n) is 12.2. The average Bonchev–Trinajstić information content (AvgIpc) is 2.45. The Labute approximate surface area is 120 Å². The molecular formula is C17H24F2O. The molecule has 2 rings (SSSR count). The molecule has 1 fully saturated rings. The van der Waals surface area contributed by atoms with Crippen LogP contribution < -0.4 is 0 Å². The van der Waals surface area contributed by atoms with Gasteiger partial charge in [0.05, 0.1) is 6.61 Å². The summed E-state index contributed by atoms with van der Waals surface area (Å²) >= 11 is 0. The lowest BCUT2D eigenvalue weighted by molar-refractivity contribution is -0.268. The minimum absolute atomic E-state index is 0.131. The summed E-state index contributed by atoms with van der Waals surface area (Å²) < 4.78 is 30.3. The van der Waals surface area contributed by atoms with Crippen molar-refractivity contribution in [1.82, 2.24) is 0 Å². The van der Waals surface area contributed by atoms with Crippen LogP contribution in [-0.4, -0.2) is 12.7 Å². The van der Waals surface area contributed by atoms with Gasteiger partial charge in [0.15, 0.2) is 0 Å². The lowest BCUT2D eigenvalue weighted by Gasteiger charge is -2.28. The molecule has 1 unspecified atom stereocenters. The Morgan fingerprint density at radius 1 is 1.15 bits per heavy atom. The van der Waals surface area contributed by atoms with Gasteiger partial charge in [-0.2, -0.15) is 8.78 Å². The van der Waals surface area contributed by atoms with E-state index in [-0.39, 0.29) is 18.9 Å². The second kappa shape index (κ2) is 7.16. The maximum Gasteiger partial charge on any atom is 0.355 e. The van der Waals surface area contributed by atoms with E-state index in [2.05, 4.69) is 35.9 Å². The largest absolute Gasteiger partial charge is 0.355 e. The molecule has 1 atom stereocenters. The van der Waals surface area contributed by atoms with Crippen LogP contribution in [-0.2, 0) is 17.6 Å². The van der Waals surface area contributed by atoms with E-state index < -0.39 is 6.11 Å². The Morgan fingerprint density at radius 3 is 2.35 bits per heavy atom. The molecule has 0 saturated carbocycles. The van der Waals surface area contributed by atoms with E-state index in [0.29, 0.717) is 6.42 Å². The summed E-state index contributed by atoms with van der Waals surface area (Å²) in [5.74, 6) is 0.273. The molecule has 3 heteroatoms. The highest BCUT2D eigenvalue weighted by Crippen LogP contribution is 2.32. The van der Waals surface area contributed by atoms with Gasteiger partial charge in [-0.25, -0.2) is 0 Å². The Balaban J connectivity index is 1.74. The first-order valence-electron chi connectivity index (χ1n) is 7.68. The topological polar surface area (TPSA) is 9.23 Å². The molecule has 0 amide bonds. The Morgan fingerprint density at radius 2 is 1.80 bits per heavy atom. The second-order valence-corrected chi connectivity index (χ2v) is 5.81. The third kappa shape index (κ3) is 4.86. The molecule has 0 N–H and O–H groups in total. The lowest BCUT2D eigenvalue weighted by Crippen LogP contribution is -2.31. The van der Waals surface area contributed by atoms with Gasteiger partial charge in [-0.15, -0.1) is 0 Å². The fourth-order valence-electron chi connectivity index (χ4n) is 2.62. The first kappa shape index (κ1) is 15.4. The summed E-state index contributed by atoms with van der Waals surface area (Å²) in [6.45, 7) is 2.39. The van der Waals surface area contributed by atoms with Gasteiger partial charge in [0, 0.05) is 6.42 Å². The van der Waals surface area contributed by atoms with Crippen molar-refractivity contribution in [3.05, 3.63) is 35.4 Å². The van der Waals surface area contributed by atoms with Crippen LogP contribution in [0.4, 0.5) is 8.78 Å². The number of unbranched alkanes of at least 4 members (excludes halogenated alkanes) is 1. The van der Waals surface area contributed by atoms with Crippen LogP contribution in [0.3, 0.4) is 0 Å². The highest BCUT2D eigenvalue weighted by molar-refractivity contribution is 5.22. The minimum atomic E-state index is -2.89. The summed E-state index contributed by atoms with van der Waals surface area (Å²) in [4.78, 5) is 0. The molecule has 0 aromatic heterocycles. The molecule has 1 aromatic carbocycles. The Kier molecular flexibility index (Phi) is 5.53. The second-order valence-electron chi connectivity index (χ2n) is 5.81. The Hall–Kier alpha value is -0.960. The molecular weight excluding hydrogens is 258 g/mol. The van der Waals surface area contributed by atoms with Gasteiger partial charge >= 0.3 is 6.11 Å². The lowest BCUT2D eigenvalue weighted by atomic mass is 9.93. The third-order valence-corrected chi connectivity index (χ3v) is 4.06. The van der Waals surface area contributed by atoms with Crippen molar-refractivity contribution < 1.29 is 13.5 Å². The SMILES string of the molecule is CCCCc1ccc(CCC2CCC(F)(F)OC2)cc1. The van der Waals surface area contributed by atoms with E-state index in [1.165, 1.54) is 24.0 Å². The van der Waals surface area contributed by atoms with E-state index in [9.17, 15) is 8.78 Å². The van der Waals surface area contributed by atoms with Gasteiger partial charge in [-0.1, -0.05) is 37.6 Å². The number of alkyl halides is 2. The highest BCUT2D eigenvalue weighted by Gasteiger charge is 2.35. The smallest absolute Gasteiger partial charge is 0.320 e. The molecule has 1 aliphatic rings. The van der Waals surface area contributed by atoms with Crippen molar-refractivity contribution in [2.24, 2.45) is 5.92 Å². The van der Waals surface area contributed by atoms with Crippen LogP contribution in [0, 0.1) is 5.92 Å². The number of ether oxygens (including phenoxy) is 1. The van der Waals surface area contributed by atoms with Crippen LogP contribution in [0.2, 0.25) is 0 Å². The zero-order chi connectivity index (χ0) is 14.4. The van der Waals surface area contributed by atoms with E-state index in [4.69, 9.17) is 0 Å². The van der Waals surface area contributed by atoms with E-state index >= 15 is 0 Å². The van der Waals surface area contributed by atoms with Crippen molar-refractivity contribution >= 4 is 0 Å². The predicted molar refractivity (Wildman–Crippen MR) is 77.0 cm³/mol. The third-order valence-electron chi connectivity index (χ3n) is 4.06. The number of hydrogen-bond donors (Lipinski definition) is 0. The molecule has 0 bridgehead atoms. The van der Waals surface area contributed by atoms with Crippen molar-refractivity contribution in [3.63, 3.8) is 0 Å². The van der Waals surface area contributed by atoms with Crippen LogP contribution in [0.25, 0.3) is 0 Å². The standard InChI is InChI=1S/C17H24F2O/c1-2-3-4-14-5-7-15(8-6-14)9-10-16-11-12-17(18,19)20-13-16/h5-8,16H,2-4,9-13H2,1H3. The maximum absolute atomic E-state index is 12.9. The zero-order valence-corrected chi connectivity index (χ0v) is 12.2. The molecule has 0 radical (unpaired) electrons. The molecule has 1 aliphatic heterocycles. The minimum Gasteiger partial charge on any atom is -0.320 e. The molecule has 0 spiro atoms. The molecule has 1 nitrogen and oxygen atoms in total. The first-order chi connectivity index (χ1) is 9.59. The summed E-state index contributed by atoms with van der Waals surface area (Å²) in [5, 5.41) is 0. The number of halogens is 2. The quantitative estimate of drug-likeness (QED) is 0.715. The molecule has 1 aromatic rings. The van der Waals surface area contributed by atoms with Crippen molar-refractivity contribution in [2.45, 2.75) is 58.0 Å². The number of aryl methyl sites for hydroxylation is 2. The van der Waals surface area contributed by atoms with Gasteiger partial charge in [0.1, 0.15) is 0 Å². The van der Waals surface area contributed by atoms with Crippen molar-refractivity contribution in [2.75, 3.05) is 6.61 Å². The molecule has 112 valence electrons. The van der Waals surface area contributed by atoms with Gasteiger partial charge in [0.2, 0.25) is 0 Å². The van der Waals surface area contributed by atoms with Gasteiger partial charge in [-0.05, 0) is 49.1 Å². The van der Waals surface area contributed by atoms with E-state index in [1.807, 2.05) is 0 Å². The highest BCUT2D eigenvalue weighted by atomic mass is 19.3. The van der Waals surface area contributed by atoms with Crippen LogP contribution in [0.1, 0.15) is 50.2 Å². The summed E-state index contributed by atoms with van der Waals surface area (Å²) in [6.07, 6.45) is 3.02. The number of benzene rings is 1. The molecule has 0 aliphatic carbocycles. The normalized spacial score (nSPS) is 21.9. The number of hydrogen-bond acceptors (Lipinski definition) is 1. The van der Waals surface area contributed by atoms with Crippen LogP contribution in [0.5, 0.6) is 0 Å². The maximum atomic E-state index is 12.9. The molecule has 1 saturated heterocycles. The predicted octanol–water partition coefficient (Wildman–Crippen LogP) is 4.98. The van der Waals surface area contributed by atoms with Crippen molar-refractivity contribution in [3.8, 4) is 0 Å². The molecule has 20 heavy (non-hydrogen) atoms. The monoisotopic (exact) mass is 282 g/mol. The number of rotatable bonds is 6. The molecule has 1 heterocycles. The van der Waals surface area contributed by atoms with Gasteiger partial charge in [0.25, 0.3) is 0 Å². The van der Waals surface area contributed by atoms with E-state index in [1.54, 1.807) is 0 Å². The fourth-order valence-corrected chi connectivity index (χ4v) is 2.62. The van der Waals surface area contributed by atoms with Gasteiger partial charge < -0.3 is 4.74 Å². The fraction of sp³-hybridized carbons (Fsp3) is 0.647. The van der Waals surface area contributed by atoms with E-state index in [0.717, 1.165) is 19.3 Å². The van der Waals surface area contributed by atoms with Gasteiger partial charge in [-0.3, -0.25) is 0 Å². The summed E-state index contributed by atoms with van der Waals surface area (Å²) in [5.41, 5.74) is 2.68. The average molecular weight is 282 g/mol. The van der Waals surface area contributed by atoms with Crippen molar-refractivity contribution in [1.29, 1.82) is 0 Å². The Bertz CT molecular complexity index is 390. The summed E-state index contributed by atoms with van der Waals surface area (Å²) in [6, 6.07) is 8.72. The van der Waals surface area contributed by atoms with Crippen LogP contribution in [0.15, 0.2) is 24.3 Å². The van der Waals surface area contributed by atoms with Crippen LogP contribution >= 0.6 is 0 Å². The summed E-state index contributed by atoms with van der Waals surface area (Å²) in [7, 11) is 0.